The average Bonchev–Trinajstić information content (AvgIpc) is 3.16. The van der Waals surface area contributed by atoms with Crippen LogP contribution in [-0.4, -0.2) is 38.3 Å². The number of aryl methyl sites for hydroxylation is 1. The van der Waals surface area contributed by atoms with Crippen molar-refractivity contribution in [2.75, 3.05) is 0 Å². The zero-order chi connectivity index (χ0) is 28.7. The van der Waals surface area contributed by atoms with Gasteiger partial charge in [-0.1, -0.05) is 11.6 Å². The van der Waals surface area contributed by atoms with Crippen molar-refractivity contribution in [2.24, 2.45) is 0 Å². The highest BCUT2D eigenvalue weighted by molar-refractivity contribution is 7.22. The lowest BCUT2D eigenvalue weighted by molar-refractivity contribution is -0.275. The van der Waals surface area contributed by atoms with Crippen molar-refractivity contribution < 1.29 is 40.9 Å². The molecule has 4 aromatic rings. The Morgan fingerprint density at radius 2 is 1.85 bits per heavy atom. The molecule has 0 spiro atoms. The molecule has 0 aliphatic carbocycles. The van der Waals surface area contributed by atoms with Crippen molar-refractivity contribution in [2.45, 2.75) is 38.7 Å². The number of thiophene rings is 1. The fourth-order valence-electron chi connectivity index (χ4n) is 3.66. The molecule has 0 unspecified atom stereocenters. The Morgan fingerprint density at radius 1 is 1.13 bits per heavy atom. The number of hydrogen-bond acceptors (Lipinski definition) is 7. The van der Waals surface area contributed by atoms with Crippen LogP contribution in [0.2, 0.25) is 5.02 Å². The Balaban J connectivity index is 1.79. The molecule has 0 bridgehead atoms. The van der Waals surface area contributed by atoms with E-state index in [4.69, 9.17) is 16.3 Å². The zero-order valence-corrected chi connectivity index (χ0v) is 21.1. The molecule has 1 aromatic carbocycles. The molecule has 208 valence electrons. The first-order valence-electron chi connectivity index (χ1n) is 10.8. The second kappa shape index (κ2) is 10.5. The highest BCUT2D eigenvalue weighted by Gasteiger charge is 2.39. The molecule has 4 rings (SSSR count). The number of aromatic amines is 1. The Morgan fingerprint density at radius 3 is 2.49 bits per heavy atom. The van der Waals surface area contributed by atoms with Crippen molar-refractivity contribution in [3.63, 3.8) is 0 Å². The Kier molecular flexibility index (Phi) is 7.69. The lowest BCUT2D eigenvalue weighted by Crippen LogP contribution is -2.38. The van der Waals surface area contributed by atoms with E-state index >= 15 is 0 Å². The number of alkyl halides is 6. The van der Waals surface area contributed by atoms with Gasteiger partial charge in [0, 0.05) is 22.8 Å². The van der Waals surface area contributed by atoms with Crippen LogP contribution in [0.4, 0.5) is 26.3 Å². The van der Waals surface area contributed by atoms with Crippen LogP contribution in [0.1, 0.15) is 11.1 Å². The third-order valence-corrected chi connectivity index (χ3v) is 6.96. The summed E-state index contributed by atoms with van der Waals surface area (Å²) in [5, 5.41) is 9.62. The van der Waals surface area contributed by atoms with Gasteiger partial charge in [0.25, 0.3) is 5.56 Å². The van der Waals surface area contributed by atoms with Gasteiger partial charge in [0.05, 0.1) is 17.0 Å². The van der Waals surface area contributed by atoms with Crippen LogP contribution in [0.25, 0.3) is 20.7 Å². The fraction of sp³-hybridized carbons (Fsp3) is 0.261. The van der Waals surface area contributed by atoms with Gasteiger partial charge < -0.3 is 14.6 Å². The molecular formula is C23H16ClF6N3O5S. The second-order valence-corrected chi connectivity index (χ2v) is 9.61. The molecule has 2 N–H and O–H groups in total. The van der Waals surface area contributed by atoms with E-state index in [1.54, 1.807) is 0 Å². The molecule has 0 saturated heterocycles. The van der Waals surface area contributed by atoms with Crippen molar-refractivity contribution >= 4 is 33.2 Å². The van der Waals surface area contributed by atoms with Crippen LogP contribution in [0.15, 0.2) is 46.2 Å². The first-order valence-corrected chi connectivity index (χ1v) is 12.0. The summed E-state index contributed by atoms with van der Waals surface area (Å²) in [4.78, 5) is 30.5. The zero-order valence-electron chi connectivity index (χ0n) is 19.5. The van der Waals surface area contributed by atoms with Gasteiger partial charge in [-0.2, -0.15) is 13.2 Å². The number of H-pyrrole nitrogens is 1. The molecule has 1 atom stereocenters. The van der Waals surface area contributed by atoms with E-state index in [1.807, 2.05) is 4.98 Å². The van der Waals surface area contributed by atoms with Gasteiger partial charge >= 0.3 is 18.2 Å². The standard InChI is InChI=1S/C23H16ClF6N3O5S/c1-10-17-19(35)32-21(36)33(8-16(34)22(25,26)27)20(17)39-18(10)12-2-3-14(15(5-12)38-23(28,29)30)37-9-11-4-13(24)7-31-6-11/h2-7,16,34H,8-9H2,1H3,(H,32,35,36)/t16-/m1/s1. The first kappa shape index (κ1) is 28.4. The van der Waals surface area contributed by atoms with Gasteiger partial charge in [-0.05, 0) is 42.3 Å². The maximum atomic E-state index is 13.2. The predicted octanol–water partition coefficient (Wildman–Crippen LogP) is 5.18. The van der Waals surface area contributed by atoms with Gasteiger partial charge in [0.15, 0.2) is 17.6 Å². The summed E-state index contributed by atoms with van der Waals surface area (Å²) in [6.45, 7) is 0.00799. The largest absolute Gasteiger partial charge is 0.573 e. The Bertz CT molecular complexity index is 1650. The number of nitrogens with zero attached hydrogens (tertiary/aromatic N) is 2. The quantitative estimate of drug-likeness (QED) is 0.285. The van der Waals surface area contributed by atoms with E-state index in [2.05, 4.69) is 9.72 Å². The molecule has 0 aliphatic heterocycles. The number of benzene rings is 1. The number of aromatic nitrogens is 3. The third kappa shape index (κ3) is 6.37. The van der Waals surface area contributed by atoms with E-state index in [0.717, 1.165) is 6.07 Å². The molecule has 0 aliphatic rings. The molecule has 16 heteroatoms. The summed E-state index contributed by atoms with van der Waals surface area (Å²) in [6.07, 6.45) is -10.3. The van der Waals surface area contributed by atoms with E-state index in [1.165, 1.54) is 37.5 Å². The minimum absolute atomic E-state index is 0.0968. The summed E-state index contributed by atoms with van der Waals surface area (Å²) < 4.78 is 88.5. The number of ether oxygens (including phenoxy) is 2. The van der Waals surface area contributed by atoms with Crippen molar-refractivity contribution in [3.05, 3.63) is 73.6 Å². The number of hydrogen-bond donors (Lipinski definition) is 2. The molecule has 0 amide bonds. The topological polar surface area (TPSA) is 106 Å². The minimum atomic E-state index is -5.10. The number of nitrogens with one attached hydrogen (secondary N) is 1. The van der Waals surface area contributed by atoms with Crippen molar-refractivity contribution in [3.8, 4) is 21.9 Å². The summed E-state index contributed by atoms with van der Waals surface area (Å²) >= 11 is 6.55. The summed E-state index contributed by atoms with van der Waals surface area (Å²) in [6, 6.07) is 5.02. The van der Waals surface area contributed by atoms with Crippen LogP contribution in [0.5, 0.6) is 11.5 Å². The minimum Gasteiger partial charge on any atom is -0.485 e. The van der Waals surface area contributed by atoms with Gasteiger partial charge in [-0.25, -0.2) is 4.79 Å². The monoisotopic (exact) mass is 595 g/mol. The predicted molar refractivity (Wildman–Crippen MR) is 129 cm³/mol. The van der Waals surface area contributed by atoms with Crippen molar-refractivity contribution in [1.82, 2.24) is 14.5 Å². The number of rotatable bonds is 7. The van der Waals surface area contributed by atoms with E-state index in [-0.39, 0.29) is 43.6 Å². The van der Waals surface area contributed by atoms with E-state index in [9.17, 15) is 41.0 Å². The number of aliphatic hydroxyl groups excluding tert-OH is 1. The van der Waals surface area contributed by atoms with E-state index < -0.39 is 42.2 Å². The molecule has 0 radical (unpaired) electrons. The lowest BCUT2D eigenvalue weighted by Gasteiger charge is -2.16. The van der Waals surface area contributed by atoms with Crippen LogP contribution in [-0.2, 0) is 13.2 Å². The van der Waals surface area contributed by atoms with Crippen LogP contribution >= 0.6 is 22.9 Å². The highest BCUT2D eigenvalue weighted by atomic mass is 35.5. The highest BCUT2D eigenvalue weighted by Crippen LogP contribution is 2.41. The number of aliphatic hydroxyl groups is 1. The Labute approximate surface area is 223 Å². The van der Waals surface area contributed by atoms with Gasteiger partial charge in [-0.3, -0.25) is 19.3 Å². The molecule has 8 nitrogen and oxygen atoms in total. The lowest BCUT2D eigenvalue weighted by atomic mass is 10.1. The van der Waals surface area contributed by atoms with Crippen LogP contribution < -0.4 is 20.7 Å². The molecule has 39 heavy (non-hydrogen) atoms. The van der Waals surface area contributed by atoms with Gasteiger partial charge in [0.2, 0.25) is 0 Å². The molecule has 3 aromatic heterocycles. The molecule has 0 fully saturated rings. The molecule has 3 heterocycles. The maximum absolute atomic E-state index is 13.2. The number of pyridine rings is 1. The smallest absolute Gasteiger partial charge is 0.485 e. The SMILES string of the molecule is Cc1c(-c2ccc(OCc3cncc(Cl)c3)c(OC(F)(F)F)c2)sc2c1c(=O)[nH]c(=O)n2C[C@@H](O)C(F)(F)F. The molecular weight excluding hydrogens is 580 g/mol. The maximum Gasteiger partial charge on any atom is 0.573 e. The summed E-state index contributed by atoms with van der Waals surface area (Å²) in [5.41, 5.74) is -1.36. The number of fused-ring (bicyclic) bond motifs is 1. The van der Waals surface area contributed by atoms with Crippen LogP contribution in [0, 0.1) is 6.92 Å². The fourth-order valence-corrected chi connectivity index (χ4v) is 5.17. The van der Waals surface area contributed by atoms with Gasteiger partial charge in [0.1, 0.15) is 11.4 Å². The van der Waals surface area contributed by atoms with E-state index in [0.29, 0.717) is 21.5 Å². The van der Waals surface area contributed by atoms with Crippen LogP contribution in [0.3, 0.4) is 0 Å². The summed E-state index contributed by atoms with van der Waals surface area (Å²) in [7, 11) is 0. The third-order valence-electron chi connectivity index (χ3n) is 5.39. The second-order valence-electron chi connectivity index (χ2n) is 8.17. The Hall–Kier alpha value is -3.56. The normalized spacial score (nSPS) is 13.1. The van der Waals surface area contributed by atoms with Gasteiger partial charge in [-0.15, -0.1) is 24.5 Å². The molecule has 0 saturated carbocycles. The average molecular weight is 596 g/mol. The first-order chi connectivity index (χ1) is 18.1. The number of halogens is 7. The summed E-state index contributed by atoms with van der Waals surface area (Å²) in [5.74, 6) is -1.02. The van der Waals surface area contributed by atoms with Crippen molar-refractivity contribution in [1.29, 1.82) is 0 Å².